The zero-order valence-corrected chi connectivity index (χ0v) is 12.1. The fraction of sp³-hybridized carbons (Fsp3) is 0.471. The molecule has 3 heteroatoms. The van der Waals surface area contributed by atoms with E-state index in [-0.39, 0.29) is 5.54 Å². The van der Waals surface area contributed by atoms with Gasteiger partial charge in [0.2, 0.25) is 0 Å². The minimum atomic E-state index is -0.0790. The van der Waals surface area contributed by atoms with Crippen molar-refractivity contribution in [3.8, 4) is 0 Å². The van der Waals surface area contributed by atoms with Crippen molar-refractivity contribution in [2.45, 2.75) is 43.6 Å². The molecule has 1 saturated carbocycles. The summed E-state index contributed by atoms with van der Waals surface area (Å²) in [4.78, 5) is 4.42. The van der Waals surface area contributed by atoms with Gasteiger partial charge in [0.1, 0.15) is 5.82 Å². The van der Waals surface area contributed by atoms with Gasteiger partial charge in [-0.3, -0.25) is 0 Å². The summed E-state index contributed by atoms with van der Waals surface area (Å²) in [5.74, 6) is 1.78. The maximum Gasteiger partial charge on any atom is 0.110 e. The SMILES string of the molecule is Cn1ccnc1CC1(N)CCC(c2ccccc2)CC1. The van der Waals surface area contributed by atoms with Crippen molar-refractivity contribution in [2.75, 3.05) is 0 Å². The van der Waals surface area contributed by atoms with Gasteiger partial charge in [0, 0.05) is 31.4 Å². The average molecular weight is 269 g/mol. The molecule has 2 N–H and O–H groups in total. The molecular formula is C17H23N3. The van der Waals surface area contributed by atoms with Gasteiger partial charge >= 0.3 is 0 Å². The fourth-order valence-corrected chi connectivity index (χ4v) is 3.31. The number of rotatable bonds is 3. The van der Waals surface area contributed by atoms with Crippen LogP contribution in [0, 0.1) is 0 Å². The third-order valence-electron chi connectivity index (χ3n) is 4.68. The zero-order chi connectivity index (χ0) is 14.0. The summed E-state index contributed by atoms with van der Waals surface area (Å²) >= 11 is 0. The van der Waals surface area contributed by atoms with E-state index in [1.807, 2.05) is 19.4 Å². The van der Waals surface area contributed by atoms with Gasteiger partial charge in [-0.1, -0.05) is 30.3 Å². The number of benzene rings is 1. The molecule has 1 aromatic carbocycles. The predicted molar refractivity (Wildman–Crippen MR) is 81.5 cm³/mol. The molecule has 0 aliphatic heterocycles. The quantitative estimate of drug-likeness (QED) is 0.931. The lowest BCUT2D eigenvalue weighted by atomic mass is 9.73. The van der Waals surface area contributed by atoms with Crippen LogP contribution in [-0.4, -0.2) is 15.1 Å². The lowest BCUT2D eigenvalue weighted by Gasteiger charge is -2.37. The van der Waals surface area contributed by atoms with E-state index < -0.39 is 0 Å². The summed E-state index contributed by atoms with van der Waals surface area (Å²) in [6.07, 6.45) is 9.27. The molecule has 1 heterocycles. The van der Waals surface area contributed by atoms with Crippen molar-refractivity contribution in [3.05, 3.63) is 54.1 Å². The molecule has 3 nitrogen and oxygen atoms in total. The average Bonchev–Trinajstić information content (AvgIpc) is 2.85. The smallest absolute Gasteiger partial charge is 0.110 e. The lowest BCUT2D eigenvalue weighted by molar-refractivity contribution is 0.265. The molecule has 3 rings (SSSR count). The number of imidazole rings is 1. The van der Waals surface area contributed by atoms with Crippen LogP contribution in [0.15, 0.2) is 42.7 Å². The highest BCUT2D eigenvalue weighted by Gasteiger charge is 2.33. The minimum absolute atomic E-state index is 0.0790. The van der Waals surface area contributed by atoms with E-state index in [2.05, 4.69) is 39.9 Å². The van der Waals surface area contributed by atoms with Gasteiger partial charge in [-0.05, 0) is 37.2 Å². The Hall–Kier alpha value is -1.61. The molecule has 0 atom stereocenters. The van der Waals surface area contributed by atoms with E-state index in [1.54, 1.807) is 0 Å². The molecule has 2 aromatic rings. The fourth-order valence-electron chi connectivity index (χ4n) is 3.31. The predicted octanol–water partition coefficient (Wildman–Crippen LogP) is 3.02. The Kier molecular flexibility index (Phi) is 3.62. The summed E-state index contributed by atoms with van der Waals surface area (Å²) in [5, 5.41) is 0. The molecular weight excluding hydrogens is 246 g/mol. The maximum absolute atomic E-state index is 6.61. The van der Waals surface area contributed by atoms with Crippen LogP contribution in [0.3, 0.4) is 0 Å². The van der Waals surface area contributed by atoms with Gasteiger partial charge in [-0.25, -0.2) is 4.98 Å². The Morgan fingerprint density at radius 2 is 1.95 bits per heavy atom. The van der Waals surface area contributed by atoms with Crippen molar-refractivity contribution in [1.82, 2.24) is 9.55 Å². The number of hydrogen-bond acceptors (Lipinski definition) is 2. The first kappa shape index (κ1) is 13.4. The van der Waals surface area contributed by atoms with E-state index in [0.717, 1.165) is 25.1 Å². The van der Waals surface area contributed by atoms with Gasteiger partial charge in [-0.15, -0.1) is 0 Å². The molecule has 0 bridgehead atoms. The van der Waals surface area contributed by atoms with E-state index in [1.165, 1.54) is 18.4 Å². The Labute approximate surface area is 120 Å². The summed E-state index contributed by atoms with van der Waals surface area (Å²) in [6.45, 7) is 0. The van der Waals surface area contributed by atoms with Crippen molar-refractivity contribution < 1.29 is 0 Å². The van der Waals surface area contributed by atoms with Crippen LogP contribution < -0.4 is 5.73 Å². The molecule has 0 unspecified atom stereocenters. The number of aryl methyl sites for hydroxylation is 1. The van der Waals surface area contributed by atoms with Crippen LogP contribution in [0.2, 0.25) is 0 Å². The van der Waals surface area contributed by atoms with Crippen LogP contribution >= 0.6 is 0 Å². The number of hydrogen-bond donors (Lipinski definition) is 1. The highest BCUT2D eigenvalue weighted by molar-refractivity contribution is 5.21. The Morgan fingerprint density at radius 3 is 2.55 bits per heavy atom. The van der Waals surface area contributed by atoms with Crippen molar-refractivity contribution in [3.63, 3.8) is 0 Å². The summed E-state index contributed by atoms with van der Waals surface area (Å²) in [7, 11) is 2.04. The molecule has 1 aliphatic carbocycles. The van der Waals surface area contributed by atoms with Gasteiger partial charge in [0.05, 0.1) is 0 Å². The molecule has 20 heavy (non-hydrogen) atoms. The number of nitrogens with zero attached hydrogens (tertiary/aromatic N) is 2. The first-order valence-electron chi connectivity index (χ1n) is 7.46. The maximum atomic E-state index is 6.61. The van der Waals surface area contributed by atoms with Gasteiger partial charge in [-0.2, -0.15) is 0 Å². The van der Waals surface area contributed by atoms with E-state index in [0.29, 0.717) is 5.92 Å². The van der Waals surface area contributed by atoms with Crippen LogP contribution in [0.1, 0.15) is 43.0 Å². The van der Waals surface area contributed by atoms with Gasteiger partial charge in [0.15, 0.2) is 0 Å². The third-order valence-corrected chi connectivity index (χ3v) is 4.68. The van der Waals surface area contributed by atoms with Crippen LogP contribution in [0.5, 0.6) is 0 Å². The largest absolute Gasteiger partial charge is 0.338 e. The summed E-state index contributed by atoms with van der Waals surface area (Å²) in [5.41, 5.74) is 7.99. The van der Waals surface area contributed by atoms with E-state index in [4.69, 9.17) is 5.73 Å². The second-order valence-corrected chi connectivity index (χ2v) is 6.18. The monoisotopic (exact) mass is 269 g/mol. The molecule has 106 valence electrons. The van der Waals surface area contributed by atoms with Gasteiger partial charge < -0.3 is 10.3 Å². The molecule has 0 radical (unpaired) electrons. The van der Waals surface area contributed by atoms with Crippen molar-refractivity contribution in [2.24, 2.45) is 12.8 Å². The Bertz CT molecular complexity index is 551. The van der Waals surface area contributed by atoms with Crippen molar-refractivity contribution >= 4 is 0 Å². The second-order valence-electron chi connectivity index (χ2n) is 6.18. The van der Waals surface area contributed by atoms with E-state index >= 15 is 0 Å². The van der Waals surface area contributed by atoms with Crippen molar-refractivity contribution in [1.29, 1.82) is 0 Å². The molecule has 1 aromatic heterocycles. The Balaban J connectivity index is 1.64. The first-order valence-corrected chi connectivity index (χ1v) is 7.46. The van der Waals surface area contributed by atoms with Crippen LogP contribution in [0.4, 0.5) is 0 Å². The highest BCUT2D eigenvalue weighted by atomic mass is 15.0. The lowest BCUT2D eigenvalue weighted by Crippen LogP contribution is -2.45. The summed E-state index contributed by atoms with van der Waals surface area (Å²) < 4.78 is 2.08. The molecule has 1 fully saturated rings. The van der Waals surface area contributed by atoms with Gasteiger partial charge in [0.25, 0.3) is 0 Å². The third kappa shape index (κ3) is 2.78. The number of nitrogens with two attached hydrogens (primary N) is 1. The summed E-state index contributed by atoms with van der Waals surface area (Å²) in [6, 6.07) is 10.8. The molecule has 0 amide bonds. The molecule has 1 aliphatic rings. The van der Waals surface area contributed by atoms with Crippen LogP contribution in [-0.2, 0) is 13.5 Å². The minimum Gasteiger partial charge on any atom is -0.338 e. The second kappa shape index (κ2) is 5.41. The first-order chi connectivity index (χ1) is 9.66. The van der Waals surface area contributed by atoms with E-state index in [9.17, 15) is 0 Å². The number of aromatic nitrogens is 2. The zero-order valence-electron chi connectivity index (χ0n) is 12.1. The topological polar surface area (TPSA) is 43.8 Å². The normalized spacial score (nSPS) is 26.6. The molecule has 0 saturated heterocycles. The molecule has 0 spiro atoms. The highest BCUT2D eigenvalue weighted by Crippen LogP contribution is 2.37. The standard InChI is InChI=1S/C17H23N3/c1-20-12-11-19-16(20)13-17(18)9-7-15(8-10-17)14-5-3-2-4-6-14/h2-6,11-12,15H,7-10,13,18H2,1H3. The van der Waals surface area contributed by atoms with Crippen LogP contribution in [0.25, 0.3) is 0 Å². The Morgan fingerprint density at radius 1 is 1.25 bits per heavy atom.